The second kappa shape index (κ2) is 11.9. The number of carbonyl (C=O) groups is 1. The molecule has 0 spiro atoms. The summed E-state index contributed by atoms with van der Waals surface area (Å²) in [6.07, 6.45) is 14.8. The van der Waals surface area contributed by atoms with Gasteiger partial charge in [0.2, 0.25) is 0 Å². The molecule has 0 aromatic carbocycles. The largest absolute Gasteiger partial charge is 0.392 e. The number of aliphatic hydroxyl groups excluding tert-OH is 1. The summed E-state index contributed by atoms with van der Waals surface area (Å²) in [6, 6.07) is 0. The van der Waals surface area contributed by atoms with Gasteiger partial charge >= 0.3 is 0 Å². The zero-order valence-corrected chi connectivity index (χ0v) is 21.4. The highest BCUT2D eigenvalue weighted by Crippen LogP contribution is 2.55. The summed E-state index contributed by atoms with van der Waals surface area (Å²) in [5.41, 5.74) is 0.495. The maximum Gasteiger partial charge on any atom is 0.136 e. The van der Waals surface area contributed by atoms with E-state index in [1.54, 1.807) is 11.8 Å². The van der Waals surface area contributed by atoms with Gasteiger partial charge < -0.3 is 9.84 Å². The smallest absolute Gasteiger partial charge is 0.136 e. The predicted octanol–water partition coefficient (Wildman–Crippen LogP) is 6.51. The Kier molecular flexibility index (Phi) is 9.80. The van der Waals surface area contributed by atoms with Gasteiger partial charge in [-0.05, 0) is 100 Å². The number of thioether (sulfide) groups is 1. The van der Waals surface area contributed by atoms with Crippen molar-refractivity contribution < 1.29 is 14.6 Å². The van der Waals surface area contributed by atoms with Crippen molar-refractivity contribution >= 4 is 17.5 Å². The second-order valence-corrected chi connectivity index (χ2v) is 12.5. The van der Waals surface area contributed by atoms with E-state index < -0.39 is 0 Å². The molecule has 3 rings (SSSR count). The fourth-order valence-corrected chi connectivity index (χ4v) is 6.83. The summed E-state index contributed by atoms with van der Waals surface area (Å²) < 4.78 is 5.46. The van der Waals surface area contributed by atoms with Crippen LogP contribution in [-0.4, -0.2) is 41.7 Å². The van der Waals surface area contributed by atoms with E-state index in [1.807, 2.05) is 7.11 Å². The van der Waals surface area contributed by atoms with Crippen LogP contribution in [0.1, 0.15) is 97.8 Å². The Morgan fingerprint density at radius 1 is 1.16 bits per heavy atom. The first-order valence-corrected chi connectivity index (χ1v) is 14.3. The Labute approximate surface area is 195 Å². The molecule has 180 valence electrons. The van der Waals surface area contributed by atoms with Crippen molar-refractivity contribution in [2.75, 3.05) is 18.6 Å². The molecule has 0 aromatic rings. The summed E-state index contributed by atoms with van der Waals surface area (Å²) in [4.78, 5) is 11.8. The quantitative estimate of drug-likeness (QED) is 0.255. The second-order valence-electron chi connectivity index (χ2n) is 11.3. The fraction of sp³-hybridized carbons (Fsp3) is 0.963. The van der Waals surface area contributed by atoms with E-state index in [4.69, 9.17) is 4.74 Å². The molecule has 1 N–H and O–H groups in total. The third-order valence-electron chi connectivity index (χ3n) is 9.03. The van der Waals surface area contributed by atoms with Crippen LogP contribution in [0.25, 0.3) is 0 Å². The van der Waals surface area contributed by atoms with Crippen LogP contribution in [0.2, 0.25) is 0 Å². The van der Waals surface area contributed by atoms with E-state index in [0.717, 1.165) is 54.4 Å². The number of hydrogen-bond donors (Lipinski definition) is 1. The van der Waals surface area contributed by atoms with Gasteiger partial charge in [0.1, 0.15) is 5.78 Å². The van der Waals surface area contributed by atoms with Gasteiger partial charge in [-0.3, -0.25) is 4.79 Å². The van der Waals surface area contributed by atoms with Crippen molar-refractivity contribution in [3.63, 3.8) is 0 Å². The minimum Gasteiger partial charge on any atom is -0.392 e. The van der Waals surface area contributed by atoms with Gasteiger partial charge in [-0.25, -0.2) is 0 Å². The lowest BCUT2D eigenvalue weighted by Crippen LogP contribution is -2.40. The molecule has 0 bridgehead atoms. The lowest BCUT2D eigenvalue weighted by Gasteiger charge is -2.49. The van der Waals surface area contributed by atoms with Gasteiger partial charge in [0.05, 0.1) is 12.2 Å². The van der Waals surface area contributed by atoms with Crippen molar-refractivity contribution in [3.8, 4) is 0 Å². The van der Waals surface area contributed by atoms with E-state index in [1.165, 1.54) is 51.4 Å². The van der Waals surface area contributed by atoms with Crippen LogP contribution in [0.15, 0.2) is 0 Å². The number of ether oxygens (including phenoxy) is 1. The predicted molar refractivity (Wildman–Crippen MR) is 131 cm³/mol. The van der Waals surface area contributed by atoms with Crippen LogP contribution < -0.4 is 0 Å². The van der Waals surface area contributed by atoms with E-state index >= 15 is 0 Å². The molecule has 3 saturated carbocycles. The van der Waals surface area contributed by atoms with Crippen molar-refractivity contribution in [2.45, 2.75) is 110 Å². The molecule has 0 saturated heterocycles. The lowest BCUT2D eigenvalue weighted by atomic mass is 9.56. The number of hydrogen-bond acceptors (Lipinski definition) is 4. The molecule has 0 radical (unpaired) electrons. The highest BCUT2D eigenvalue weighted by Gasteiger charge is 2.45. The molecule has 3 fully saturated rings. The molecule has 6 unspecified atom stereocenters. The summed E-state index contributed by atoms with van der Waals surface area (Å²) in [6.45, 7) is 7.14. The maximum atomic E-state index is 11.8. The van der Waals surface area contributed by atoms with Crippen LogP contribution in [-0.2, 0) is 9.53 Å². The Morgan fingerprint density at radius 2 is 1.94 bits per heavy atom. The normalized spacial score (nSPS) is 31.5. The van der Waals surface area contributed by atoms with E-state index in [0.29, 0.717) is 29.6 Å². The molecular formula is C27H48O3S. The number of Topliss-reactive ketones (excluding diaryl/α,β-unsaturated/α-hetero) is 1. The zero-order chi connectivity index (χ0) is 22.4. The molecule has 3 aliphatic rings. The van der Waals surface area contributed by atoms with Crippen molar-refractivity contribution in [3.05, 3.63) is 0 Å². The number of methoxy groups -OCH3 is 1. The Hall–Kier alpha value is -0.0600. The minimum atomic E-state index is -0.188. The SMILES string of the molecule is CCC(C)(CCC1CC1CC(O)CSCCC(=O)C1CC1)C1CC[C@H]1CCC(C)OC. The highest BCUT2D eigenvalue weighted by atomic mass is 32.2. The standard InChI is InChI=1S/C27H48O3S/c1-5-27(3,25-11-10-20(25)7-6-19(2)30-4)14-12-22-16-23(22)17-24(28)18-31-15-13-26(29)21-8-9-21/h19-25,28H,5-18H2,1-4H3/t19?,20-,22?,23?,24?,25?,27?/m1/s1. The van der Waals surface area contributed by atoms with Gasteiger partial charge in [0.15, 0.2) is 0 Å². The molecule has 0 aromatic heterocycles. The molecule has 7 atom stereocenters. The topological polar surface area (TPSA) is 46.5 Å². The van der Waals surface area contributed by atoms with Gasteiger partial charge in [0, 0.05) is 31.0 Å². The summed E-state index contributed by atoms with van der Waals surface area (Å²) in [5, 5.41) is 10.4. The monoisotopic (exact) mass is 452 g/mol. The Bertz CT molecular complexity index is 563. The van der Waals surface area contributed by atoms with Crippen molar-refractivity contribution in [1.82, 2.24) is 0 Å². The van der Waals surface area contributed by atoms with Crippen molar-refractivity contribution in [1.29, 1.82) is 0 Å². The van der Waals surface area contributed by atoms with Crippen LogP contribution >= 0.6 is 11.8 Å². The summed E-state index contributed by atoms with van der Waals surface area (Å²) in [5.74, 6) is 5.92. The Balaban J connectivity index is 1.29. The number of ketones is 1. The molecule has 4 heteroatoms. The molecule has 3 aliphatic carbocycles. The van der Waals surface area contributed by atoms with Crippen molar-refractivity contribution in [2.24, 2.45) is 35.0 Å². The highest BCUT2D eigenvalue weighted by molar-refractivity contribution is 7.99. The fourth-order valence-electron chi connectivity index (χ4n) is 5.91. The zero-order valence-electron chi connectivity index (χ0n) is 20.6. The average Bonchev–Trinajstić information content (AvgIpc) is 3.64. The summed E-state index contributed by atoms with van der Waals surface area (Å²) >= 11 is 1.77. The first-order valence-electron chi connectivity index (χ1n) is 13.2. The minimum absolute atomic E-state index is 0.188. The van der Waals surface area contributed by atoms with Gasteiger partial charge in [-0.15, -0.1) is 0 Å². The molecule has 0 amide bonds. The molecular weight excluding hydrogens is 404 g/mol. The lowest BCUT2D eigenvalue weighted by molar-refractivity contribution is -0.119. The van der Waals surface area contributed by atoms with Crippen LogP contribution in [0, 0.1) is 35.0 Å². The van der Waals surface area contributed by atoms with E-state index in [2.05, 4.69) is 20.8 Å². The van der Waals surface area contributed by atoms with E-state index in [-0.39, 0.29) is 6.10 Å². The number of rotatable bonds is 17. The van der Waals surface area contributed by atoms with Gasteiger partial charge in [-0.2, -0.15) is 11.8 Å². The maximum absolute atomic E-state index is 11.8. The molecule has 0 heterocycles. The molecule has 31 heavy (non-hydrogen) atoms. The number of carbonyl (C=O) groups excluding carboxylic acids is 1. The van der Waals surface area contributed by atoms with Gasteiger partial charge in [0.25, 0.3) is 0 Å². The third kappa shape index (κ3) is 7.74. The number of aliphatic hydroxyl groups is 1. The molecule has 0 aliphatic heterocycles. The average molecular weight is 453 g/mol. The van der Waals surface area contributed by atoms with Crippen LogP contribution in [0.4, 0.5) is 0 Å². The van der Waals surface area contributed by atoms with Crippen LogP contribution in [0.3, 0.4) is 0 Å². The Morgan fingerprint density at radius 3 is 2.55 bits per heavy atom. The van der Waals surface area contributed by atoms with Gasteiger partial charge in [-0.1, -0.05) is 20.3 Å². The first-order chi connectivity index (χ1) is 14.9. The summed E-state index contributed by atoms with van der Waals surface area (Å²) in [7, 11) is 1.83. The van der Waals surface area contributed by atoms with Crippen LogP contribution in [0.5, 0.6) is 0 Å². The molecule has 3 nitrogen and oxygen atoms in total. The van der Waals surface area contributed by atoms with E-state index in [9.17, 15) is 9.90 Å². The first kappa shape index (κ1) is 25.6. The third-order valence-corrected chi connectivity index (χ3v) is 10.1.